The van der Waals surface area contributed by atoms with Crippen LogP contribution in [0.4, 0.5) is 27.5 Å². The Labute approximate surface area is 189 Å². The molecule has 0 aliphatic carbocycles. The Hall–Kier alpha value is -3.93. The predicted octanol–water partition coefficient (Wildman–Crippen LogP) is 3.23. The second-order valence-electron chi connectivity index (χ2n) is 7.02. The van der Waals surface area contributed by atoms with Crippen molar-refractivity contribution in [2.24, 2.45) is 5.14 Å². The molecule has 9 nitrogen and oxygen atoms in total. The van der Waals surface area contributed by atoms with Crippen LogP contribution in [0.15, 0.2) is 84.1 Å². The summed E-state index contributed by atoms with van der Waals surface area (Å²) >= 11 is 0. The van der Waals surface area contributed by atoms with Crippen molar-refractivity contribution < 1.29 is 17.9 Å². The summed E-state index contributed by atoms with van der Waals surface area (Å²) in [6.45, 7) is 0. The topological polar surface area (TPSA) is 143 Å². The molecule has 4 aromatic rings. The van der Waals surface area contributed by atoms with E-state index in [4.69, 9.17) is 5.14 Å². The van der Waals surface area contributed by atoms with Crippen LogP contribution in [0.2, 0.25) is 0 Å². The number of sulfonamides is 1. The molecule has 0 aliphatic rings. The number of aromatic nitrogens is 3. The molecule has 0 amide bonds. The van der Waals surface area contributed by atoms with Crippen LogP contribution in [-0.2, 0) is 10.0 Å². The minimum atomic E-state index is -3.87. The van der Waals surface area contributed by atoms with Gasteiger partial charge in [0.2, 0.25) is 16.0 Å². The van der Waals surface area contributed by atoms with Crippen molar-refractivity contribution in [2.45, 2.75) is 11.0 Å². The van der Waals surface area contributed by atoms with E-state index in [-0.39, 0.29) is 16.7 Å². The van der Waals surface area contributed by atoms with E-state index in [2.05, 4.69) is 25.6 Å². The van der Waals surface area contributed by atoms with Crippen LogP contribution in [-0.4, -0.2) is 28.5 Å². The van der Waals surface area contributed by atoms with E-state index in [0.29, 0.717) is 22.5 Å². The monoisotopic (exact) mass is 466 g/mol. The van der Waals surface area contributed by atoms with E-state index in [9.17, 15) is 17.9 Å². The molecule has 33 heavy (non-hydrogen) atoms. The zero-order chi connectivity index (χ0) is 23.4. The number of hydrogen-bond donors (Lipinski definition) is 4. The molecule has 0 aliphatic heterocycles. The molecule has 0 bridgehead atoms. The van der Waals surface area contributed by atoms with E-state index < -0.39 is 21.9 Å². The summed E-state index contributed by atoms with van der Waals surface area (Å²) in [5.74, 6) is -0.715. The number of rotatable bonds is 7. The van der Waals surface area contributed by atoms with Gasteiger partial charge in [-0.1, -0.05) is 18.2 Å². The molecule has 11 heteroatoms. The Balaban J connectivity index is 1.51. The highest BCUT2D eigenvalue weighted by molar-refractivity contribution is 7.89. The van der Waals surface area contributed by atoms with Gasteiger partial charge in [0.05, 0.1) is 11.1 Å². The van der Waals surface area contributed by atoms with Crippen LogP contribution in [0.1, 0.15) is 17.2 Å². The number of halogens is 1. The molecule has 1 atom stereocenters. The highest BCUT2D eigenvalue weighted by Crippen LogP contribution is 2.25. The van der Waals surface area contributed by atoms with Crippen molar-refractivity contribution in [3.05, 3.63) is 96.2 Å². The standard InChI is InChI=1S/C22H19FN6O3S/c23-19-13-26-22(28-17-2-1-3-18(12-17)33(24,31)32)29-21(19)27-16-6-4-14(5-7-16)20(30)15-8-10-25-11-9-15/h1-13,20,30H,(H2,24,31,32)(H2,26,27,28,29). The summed E-state index contributed by atoms with van der Waals surface area (Å²) in [5, 5.41) is 21.3. The van der Waals surface area contributed by atoms with Gasteiger partial charge in [0.15, 0.2) is 11.6 Å². The van der Waals surface area contributed by atoms with Crippen molar-refractivity contribution in [2.75, 3.05) is 10.6 Å². The molecule has 168 valence electrons. The number of benzene rings is 2. The average Bonchev–Trinajstić information content (AvgIpc) is 2.81. The number of pyridine rings is 1. The van der Waals surface area contributed by atoms with Crippen LogP contribution < -0.4 is 15.8 Å². The summed E-state index contributed by atoms with van der Waals surface area (Å²) in [6, 6.07) is 16.0. The van der Waals surface area contributed by atoms with Gasteiger partial charge in [-0.2, -0.15) is 4.98 Å². The van der Waals surface area contributed by atoms with Gasteiger partial charge in [0.1, 0.15) is 6.10 Å². The number of aliphatic hydroxyl groups excluding tert-OH is 1. The zero-order valence-electron chi connectivity index (χ0n) is 17.1. The molecule has 0 fully saturated rings. The molecular formula is C22H19FN6O3S. The minimum Gasteiger partial charge on any atom is -0.384 e. The number of nitrogens with zero attached hydrogens (tertiary/aromatic N) is 3. The number of aliphatic hydroxyl groups is 1. The second-order valence-corrected chi connectivity index (χ2v) is 8.58. The van der Waals surface area contributed by atoms with E-state index in [1.54, 1.807) is 54.9 Å². The summed E-state index contributed by atoms with van der Waals surface area (Å²) in [6.07, 6.45) is 3.37. The van der Waals surface area contributed by atoms with Crippen LogP contribution in [0.25, 0.3) is 0 Å². The van der Waals surface area contributed by atoms with Gasteiger partial charge in [0, 0.05) is 23.8 Å². The Bertz CT molecular complexity index is 1370. The van der Waals surface area contributed by atoms with Gasteiger partial charge in [-0.3, -0.25) is 4.98 Å². The lowest BCUT2D eigenvalue weighted by atomic mass is 10.0. The van der Waals surface area contributed by atoms with Crippen molar-refractivity contribution in [1.82, 2.24) is 15.0 Å². The van der Waals surface area contributed by atoms with E-state index >= 15 is 0 Å². The lowest BCUT2D eigenvalue weighted by Crippen LogP contribution is -2.12. The van der Waals surface area contributed by atoms with Crippen molar-refractivity contribution in [3.63, 3.8) is 0 Å². The number of hydrogen-bond acceptors (Lipinski definition) is 8. The number of primary sulfonamides is 1. The lowest BCUT2D eigenvalue weighted by molar-refractivity contribution is 0.220. The first kappa shape index (κ1) is 22.3. The minimum absolute atomic E-state index is 0.0511. The lowest BCUT2D eigenvalue weighted by Gasteiger charge is -2.13. The van der Waals surface area contributed by atoms with Gasteiger partial charge in [-0.05, 0) is 53.6 Å². The van der Waals surface area contributed by atoms with E-state index in [1.807, 2.05) is 0 Å². The first-order chi connectivity index (χ1) is 15.8. The molecule has 0 saturated heterocycles. The van der Waals surface area contributed by atoms with Gasteiger partial charge < -0.3 is 15.7 Å². The summed E-state index contributed by atoms with van der Waals surface area (Å²) in [4.78, 5) is 11.8. The van der Waals surface area contributed by atoms with Crippen LogP contribution in [0.3, 0.4) is 0 Å². The van der Waals surface area contributed by atoms with Gasteiger partial charge in [-0.15, -0.1) is 0 Å². The van der Waals surface area contributed by atoms with Crippen molar-refractivity contribution in [1.29, 1.82) is 0 Å². The number of nitrogens with two attached hydrogens (primary N) is 1. The molecule has 2 aromatic heterocycles. The maximum atomic E-state index is 14.3. The molecule has 0 radical (unpaired) electrons. The third-order valence-corrected chi connectivity index (χ3v) is 5.58. The highest BCUT2D eigenvalue weighted by Gasteiger charge is 2.12. The summed E-state index contributed by atoms with van der Waals surface area (Å²) in [7, 11) is -3.87. The van der Waals surface area contributed by atoms with Gasteiger partial charge >= 0.3 is 0 Å². The predicted molar refractivity (Wildman–Crippen MR) is 121 cm³/mol. The molecule has 0 saturated carbocycles. The van der Waals surface area contributed by atoms with Crippen LogP contribution >= 0.6 is 0 Å². The van der Waals surface area contributed by atoms with Crippen molar-refractivity contribution in [3.8, 4) is 0 Å². The molecule has 0 spiro atoms. The molecule has 5 N–H and O–H groups in total. The smallest absolute Gasteiger partial charge is 0.238 e. The second kappa shape index (κ2) is 9.28. The number of anilines is 4. The Kier molecular flexibility index (Phi) is 6.27. The summed E-state index contributed by atoms with van der Waals surface area (Å²) < 4.78 is 37.3. The molecule has 4 rings (SSSR count). The fourth-order valence-corrected chi connectivity index (χ4v) is 3.58. The third-order valence-electron chi connectivity index (χ3n) is 4.67. The largest absolute Gasteiger partial charge is 0.384 e. The van der Waals surface area contributed by atoms with Crippen LogP contribution in [0, 0.1) is 5.82 Å². The van der Waals surface area contributed by atoms with Crippen LogP contribution in [0.5, 0.6) is 0 Å². The highest BCUT2D eigenvalue weighted by atomic mass is 32.2. The average molecular weight is 466 g/mol. The normalized spacial score (nSPS) is 12.2. The molecule has 2 aromatic carbocycles. The quantitative estimate of drug-likeness (QED) is 0.325. The SMILES string of the molecule is NS(=O)(=O)c1cccc(Nc2ncc(F)c(Nc3ccc(C(O)c4ccncc4)cc3)n2)c1. The van der Waals surface area contributed by atoms with Gasteiger partial charge in [0.25, 0.3) is 0 Å². The fraction of sp³-hybridized carbons (Fsp3) is 0.0455. The first-order valence-corrected chi connectivity index (χ1v) is 11.2. The first-order valence-electron chi connectivity index (χ1n) is 9.67. The maximum absolute atomic E-state index is 14.3. The Morgan fingerprint density at radius 1 is 0.939 bits per heavy atom. The van der Waals surface area contributed by atoms with E-state index in [0.717, 1.165) is 6.20 Å². The van der Waals surface area contributed by atoms with E-state index in [1.165, 1.54) is 18.2 Å². The van der Waals surface area contributed by atoms with Crippen molar-refractivity contribution >= 4 is 33.2 Å². The van der Waals surface area contributed by atoms with Gasteiger partial charge in [-0.25, -0.2) is 22.9 Å². The molecule has 2 heterocycles. The maximum Gasteiger partial charge on any atom is 0.238 e. The third kappa shape index (κ3) is 5.47. The Morgan fingerprint density at radius 3 is 2.33 bits per heavy atom. The molecular weight excluding hydrogens is 447 g/mol. The Morgan fingerprint density at radius 2 is 1.64 bits per heavy atom. The number of nitrogens with one attached hydrogen (secondary N) is 2. The fourth-order valence-electron chi connectivity index (χ4n) is 3.02. The molecule has 1 unspecified atom stereocenters. The summed E-state index contributed by atoms with van der Waals surface area (Å²) in [5.41, 5.74) is 2.27. The zero-order valence-corrected chi connectivity index (χ0v) is 17.9.